The molecule has 37 heavy (non-hydrogen) atoms. The summed E-state index contributed by atoms with van der Waals surface area (Å²) in [5.41, 5.74) is 5.33. The largest absolute Gasteiger partial charge is 0.370 e. The van der Waals surface area contributed by atoms with Crippen molar-refractivity contribution >= 4 is 34.0 Å². The number of aryl methyl sites for hydroxylation is 1. The molecule has 3 aliphatic heterocycles. The number of benzene rings is 3. The van der Waals surface area contributed by atoms with Crippen LogP contribution in [0, 0.1) is 12.8 Å². The summed E-state index contributed by atoms with van der Waals surface area (Å²) in [4.78, 5) is 33.2. The van der Waals surface area contributed by atoms with Crippen LogP contribution in [0.2, 0.25) is 0 Å². The minimum Gasteiger partial charge on any atom is -0.370 e. The molecule has 2 unspecified atom stereocenters. The first-order valence-corrected chi connectivity index (χ1v) is 13.6. The van der Waals surface area contributed by atoms with Crippen LogP contribution in [0.5, 0.6) is 0 Å². The predicted octanol–water partition coefficient (Wildman–Crippen LogP) is 4.69. The molecule has 1 saturated carbocycles. The topological polar surface area (TPSA) is 55.9 Å². The van der Waals surface area contributed by atoms with Gasteiger partial charge in [0.1, 0.15) is 0 Å². The highest BCUT2D eigenvalue weighted by Gasteiger charge is 2.47. The lowest BCUT2D eigenvalue weighted by Gasteiger charge is -2.33. The van der Waals surface area contributed by atoms with Crippen LogP contribution < -0.4 is 15.1 Å². The molecule has 4 aliphatic rings. The second kappa shape index (κ2) is 8.06. The molecule has 1 N–H and O–H groups in total. The van der Waals surface area contributed by atoms with E-state index in [4.69, 9.17) is 0 Å². The zero-order chi connectivity index (χ0) is 25.5. The summed E-state index contributed by atoms with van der Waals surface area (Å²) in [6.45, 7) is 5.30. The Kier molecular flexibility index (Phi) is 4.96. The number of nitrogens with zero attached hydrogens (tertiary/aromatic N) is 3. The molecule has 6 nitrogen and oxygen atoms in total. The van der Waals surface area contributed by atoms with Gasteiger partial charge in [-0.05, 0) is 92.9 Å². The second-order valence-electron chi connectivity index (χ2n) is 11.6. The van der Waals surface area contributed by atoms with Gasteiger partial charge in [0.25, 0.3) is 11.8 Å². The van der Waals surface area contributed by atoms with Crippen LogP contribution in [0.1, 0.15) is 57.5 Å². The summed E-state index contributed by atoms with van der Waals surface area (Å²) < 4.78 is 0. The highest BCUT2D eigenvalue weighted by molar-refractivity contribution is 6.25. The van der Waals surface area contributed by atoms with Crippen molar-refractivity contribution in [3.8, 4) is 0 Å². The van der Waals surface area contributed by atoms with Crippen molar-refractivity contribution in [2.75, 3.05) is 43.5 Å². The molecule has 0 bridgehead atoms. The Hall–Kier alpha value is -3.38. The standard InChI is InChI=1S/C31H34N4O2/c1-19-9-10-21(35-17-20-6-5-15-33(2)27(20)18-35)16-24(19)29(36)32-31(13-14-31)25-11-12-26-28-22(25)7-4-8-23(28)30(37)34(26)3/h4,7-12,16,20,27H,5-6,13-15,17-18H2,1-3H3,(H,32,36). The third-order valence-corrected chi connectivity index (χ3v) is 9.42. The molecule has 1 aliphatic carbocycles. The van der Waals surface area contributed by atoms with Gasteiger partial charge in [-0.2, -0.15) is 0 Å². The smallest absolute Gasteiger partial charge is 0.258 e. The van der Waals surface area contributed by atoms with E-state index in [0.717, 1.165) is 70.3 Å². The Balaban J connectivity index is 1.18. The number of rotatable bonds is 4. The van der Waals surface area contributed by atoms with E-state index in [2.05, 4.69) is 52.5 Å². The molecule has 0 spiro atoms. The van der Waals surface area contributed by atoms with Gasteiger partial charge in [0.2, 0.25) is 0 Å². The molecule has 2 saturated heterocycles. The maximum Gasteiger partial charge on any atom is 0.258 e. The van der Waals surface area contributed by atoms with Crippen LogP contribution in [0.4, 0.5) is 11.4 Å². The van der Waals surface area contributed by atoms with Crippen LogP contribution in [-0.4, -0.2) is 56.5 Å². The average molecular weight is 495 g/mol. The van der Waals surface area contributed by atoms with Crippen molar-refractivity contribution < 1.29 is 9.59 Å². The van der Waals surface area contributed by atoms with Crippen molar-refractivity contribution in [1.82, 2.24) is 10.2 Å². The molecule has 6 heteroatoms. The number of amides is 2. The molecular formula is C31H34N4O2. The number of hydrogen-bond donors (Lipinski definition) is 1. The molecular weight excluding hydrogens is 460 g/mol. The minimum atomic E-state index is -0.383. The number of hydrogen-bond acceptors (Lipinski definition) is 4. The lowest BCUT2D eigenvalue weighted by atomic mass is 9.93. The van der Waals surface area contributed by atoms with E-state index in [9.17, 15) is 9.59 Å². The van der Waals surface area contributed by atoms with Crippen molar-refractivity contribution in [3.63, 3.8) is 0 Å². The summed E-state index contributed by atoms with van der Waals surface area (Å²) in [7, 11) is 4.08. The normalized spacial score (nSPS) is 24.0. The lowest BCUT2D eigenvalue weighted by Crippen LogP contribution is -2.42. The van der Waals surface area contributed by atoms with Gasteiger partial charge >= 0.3 is 0 Å². The number of piperidine rings is 1. The van der Waals surface area contributed by atoms with Gasteiger partial charge in [-0.1, -0.05) is 24.3 Å². The fourth-order valence-corrected chi connectivity index (χ4v) is 7.09. The quantitative estimate of drug-likeness (QED) is 0.572. The molecule has 3 heterocycles. The zero-order valence-electron chi connectivity index (χ0n) is 21.9. The first-order chi connectivity index (χ1) is 17.9. The van der Waals surface area contributed by atoms with Gasteiger partial charge in [0.15, 0.2) is 0 Å². The molecule has 7 rings (SSSR count). The van der Waals surface area contributed by atoms with Crippen LogP contribution >= 0.6 is 0 Å². The molecule has 2 atom stereocenters. The predicted molar refractivity (Wildman–Crippen MR) is 148 cm³/mol. The van der Waals surface area contributed by atoms with E-state index in [0.29, 0.717) is 12.0 Å². The van der Waals surface area contributed by atoms with Gasteiger partial charge in [0.05, 0.1) is 11.2 Å². The Bertz CT molecular complexity index is 1460. The van der Waals surface area contributed by atoms with E-state index < -0.39 is 0 Å². The fraction of sp³-hybridized carbons (Fsp3) is 0.419. The van der Waals surface area contributed by atoms with Crippen molar-refractivity contribution in [1.29, 1.82) is 0 Å². The molecule has 3 aromatic carbocycles. The Morgan fingerprint density at radius 3 is 2.68 bits per heavy atom. The molecule has 3 aromatic rings. The third-order valence-electron chi connectivity index (χ3n) is 9.42. The van der Waals surface area contributed by atoms with Crippen LogP contribution in [0.25, 0.3) is 10.8 Å². The highest BCUT2D eigenvalue weighted by Crippen LogP contribution is 2.50. The van der Waals surface area contributed by atoms with Crippen LogP contribution in [0.15, 0.2) is 48.5 Å². The number of carbonyl (C=O) groups excluding carboxylic acids is 2. The number of fused-ring (bicyclic) bond motifs is 1. The second-order valence-corrected chi connectivity index (χ2v) is 11.6. The van der Waals surface area contributed by atoms with Crippen molar-refractivity contribution in [2.24, 2.45) is 5.92 Å². The molecule has 2 amide bonds. The number of carbonyl (C=O) groups is 2. The summed E-state index contributed by atoms with van der Waals surface area (Å²) in [6, 6.07) is 17.1. The number of likely N-dealkylation sites (N-methyl/N-ethyl adjacent to an activating group) is 1. The first kappa shape index (κ1) is 22.8. The summed E-state index contributed by atoms with van der Waals surface area (Å²) in [6.07, 6.45) is 4.38. The number of nitrogens with one attached hydrogen (secondary N) is 1. The maximum absolute atomic E-state index is 13.8. The lowest BCUT2D eigenvalue weighted by molar-refractivity contribution is 0.0929. The highest BCUT2D eigenvalue weighted by atomic mass is 16.2. The summed E-state index contributed by atoms with van der Waals surface area (Å²) >= 11 is 0. The minimum absolute atomic E-state index is 0.0120. The van der Waals surface area contributed by atoms with Gasteiger partial charge in [0, 0.05) is 48.4 Å². The molecule has 0 radical (unpaired) electrons. The summed E-state index contributed by atoms with van der Waals surface area (Å²) in [5.74, 6) is 0.732. The fourth-order valence-electron chi connectivity index (χ4n) is 7.09. The molecule has 0 aromatic heterocycles. The Labute approximate surface area is 218 Å². The van der Waals surface area contributed by atoms with Crippen LogP contribution in [0.3, 0.4) is 0 Å². The summed E-state index contributed by atoms with van der Waals surface area (Å²) in [5, 5.41) is 5.50. The number of anilines is 2. The van der Waals surface area contributed by atoms with E-state index in [-0.39, 0.29) is 17.4 Å². The maximum atomic E-state index is 13.8. The molecule has 3 fully saturated rings. The van der Waals surface area contributed by atoms with Crippen molar-refractivity contribution in [3.05, 3.63) is 70.8 Å². The van der Waals surface area contributed by atoms with Gasteiger partial charge in [-0.25, -0.2) is 0 Å². The van der Waals surface area contributed by atoms with E-state index in [1.54, 1.807) is 4.90 Å². The van der Waals surface area contributed by atoms with Crippen molar-refractivity contribution in [2.45, 2.75) is 44.2 Å². The SMILES string of the molecule is Cc1ccc(N2CC3CCCN(C)C3C2)cc1C(=O)NC1(c2ccc3c4c(cccc24)C(=O)N3C)CC1. The first-order valence-electron chi connectivity index (χ1n) is 13.6. The monoisotopic (exact) mass is 494 g/mol. The Morgan fingerprint density at radius 2 is 1.89 bits per heavy atom. The van der Waals surface area contributed by atoms with E-state index in [1.807, 2.05) is 32.2 Å². The van der Waals surface area contributed by atoms with E-state index >= 15 is 0 Å². The molecule has 190 valence electrons. The third kappa shape index (κ3) is 3.42. The van der Waals surface area contributed by atoms with Gasteiger partial charge in [-0.3, -0.25) is 9.59 Å². The van der Waals surface area contributed by atoms with Gasteiger partial charge < -0.3 is 20.0 Å². The zero-order valence-corrected chi connectivity index (χ0v) is 21.9. The Morgan fingerprint density at radius 1 is 1.05 bits per heavy atom. The van der Waals surface area contributed by atoms with Crippen LogP contribution in [-0.2, 0) is 5.54 Å². The van der Waals surface area contributed by atoms with E-state index in [1.165, 1.54) is 19.4 Å². The van der Waals surface area contributed by atoms with Gasteiger partial charge in [-0.15, -0.1) is 0 Å². The average Bonchev–Trinajstić information content (AvgIpc) is 3.46. The number of likely N-dealkylation sites (tertiary alicyclic amines) is 1.